The largest absolute Gasteiger partial charge is 0.454 e. The fraction of sp³-hybridized carbons (Fsp3) is 0.167. The minimum Gasteiger partial charge on any atom is -0.333 e. The van der Waals surface area contributed by atoms with E-state index in [0.717, 1.165) is 24.3 Å². The number of halogens is 7. The van der Waals surface area contributed by atoms with Gasteiger partial charge in [-0.1, -0.05) is 24.3 Å². The number of alkyl halides is 6. The summed E-state index contributed by atoms with van der Waals surface area (Å²) in [5.74, 6) is -2.22. The molecule has 0 saturated heterocycles. The van der Waals surface area contributed by atoms with Crippen molar-refractivity contribution < 1.29 is 31.1 Å². The van der Waals surface area contributed by atoms with Gasteiger partial charge in [0.25, 0.3) is 5.78 Å². The number of hydrogen-bond acceptors (Lipinski definition) is 2. The van der Waals surface area contributed by atoms with Gasteiger partial charge in [0.15, 0.2) is 5.69 Å². The Balaban J connectivity index is 2.34. The summed E-state index contributed by atoms with van der Waals surface area (Å²) in [6.07, 6.45) is -9.67. The maximum Gasteiger partial charge on any atom is 0.454 e. The minimum absolute atomic E-state index is 0.106. The van der Waals surface area contributed by atoms with Gasteiger partial charge in [0, 0.05) is 11.1 Å². The molecule has 3 nitrogen and oxygen atoms in total. The highest BCUT2D eigenvalue weighted by Crippen LogP contribution is 2.35. The third-order valence-electron chi connectivity index (χ3n) is 2.62. The molecule has 2 rings (SSSR count). The molecular weight excluding hydrogens is 382 g/mol. The monoisotopic (exact) mass is 386 g/mol. The molecule has 0 amide bonds. The zero-order chi connectivity index (χ0) is 16.7. The standard InChI is InChI=1S/C12H5BrF6N2O/c13-9-7(11(14,15)16)20-10(21-9)6-3-1-5(2-4-6)8(22)12(17,18)19/h1-4H,(H,20,21). The van der Waals surface area contributed by atoms with Crippen LogP contribution in [0.25, 0.3) is 11.4 Å². The molecule has 118 valence electrons. The van der Waals surface area contributed by atoms with Crippen molar-refractivity contribution in [2.24, 2.45) is 0 Å². The van der Waals surface area contributed by atoms with Crippen LogP contribution < -0.4 is 0 Å². The molecule has 0 aliphatic carbocycles. The quantitative estimate of drug-likeness (QED) is 0.605. The molecule has 1 aromatic carbocycles. The van der Waals surface area contributed by atoms with Crippen molar-refractivity contribution >= 4 is 21.7 Å². The van der Waals surface area contributed by atoms with E-state index >= 15 is 0 Å². The van der Waals surface area contributed by atoms with Crippen LogP contribution in [0.15, 0.2) is 28.9 Å². The summed E-state index contributed by atoms with van der Waals surface area (Å²) in [5, 5.41) is 0. The van der Waals surface area contributed by atoms with E-state index in [1.807, 2.05) is 4.98 Å². The molecule has 0 bridgehead atoms. The smallest absolute Gasteiger partial charge is 0.333 e. The summed E-state index contributed by atoms with van der Waals surface area (Å²) in [6, 6.07) is 3.89. The van der Waals surface area contributed by atoms with Crippen LogP contribution in [0.1, 0.15) is 16.1 Å². The number of benzene rings is 1. The van der Waals surface area contributed by atoms with E-state index in [1.54, 1.807) is 0 Å². The summed E-state index contributed by atoms with van der Waals surface area (Å²) in [6.45, 7) is 0. The highest BCUT2D eigenvalue weighted by Gasteiger charge is 2.39. The van der Waals surface area contributed by atoms with Crippen molar-refractivity contribution in [1.82, 2.24) is 9.97 Å². The molecule has 0 radical (unpaired) electrons. The highest BCUT2D eigenvalue weighted by molar-refractivity contribution is 9.10. The number of nitrogens with zero attached hydrogens (tertiary/aromatic N) is 1. The van der Waals surface area contributed by atoms with Gasteiger partial charge >= 0.3 is 12.4 Å². The second kappa shape index (κ2) is 5.41. The predicted octanol–water partition coefficient (Wildman–Crippen LogP) is 4.60. The number of aromatic amines is 1. The van der Waals surface area contributed by atoms with Crippen molar-refractivity contribution in [2.75, 3.05) is 0 Å². The lowest BCUT2D eigenvalue weighted by atomic mass is 10.1. The molecule has 1 heterocycles. The number of aromatic nitrogens is 2. The van der Waals surface area contributed by atoms with Gasteiger partial charge in [-0.2, -0.15) is 26.3 Å². The normalized spacial score (nSPS) is 12.5. The Hall–Kier alpha value is -1.84. The molecule has 0 aliphatic rings. The number of ketones is 1. The average molecular weight is 387 g/mol. The molecular formula is C12H5BrF6N2O. The van der Waals surface area contributed by atoms with Gasteiger partial charge in [0.2, 0.25) is 0 Å². The highest BCUT2D eigenvalue weighted by atomic mass is 79.9. The molecule has 0 spiro atoms. The van der Waals surface area contributed by atoms with Crippen LogP contribution in [0.2, 0.25) is 0 Å². The van der Waals surface area contributed by atoms with Crippen LogP contribution in [0, 0.1) is 0 Å². The number of hydrogen-bond donors (Lipinski definition) is 1. The number of nitrogens with one attached hydrogen (secondary N) is 1. The van der Waals surface area contributed by atoms with Crippen LogP contribution in [-0.2, 0) is 6.18 Å². The lowest BCUT2D eigenvalue weighted by Gasteiger charge is -2.05. The summed E-state index contributed by atoms with van der Waals surface area (Å²) in [5.41, 5.74) is -1.62. The third-order valence-corrected chi connectivity index (χ3v) is 3.19. The minimum atomic E-state index is -5.02. The van der Waals surface area contributed by atoms with Gasteiger partial charge in [-0.3, -0.25) is 4.79 Å². The summed E-state index contributed by atoms with van der Waals surface area (Å²) in [7, 11) is 0. The number of carbonyl (C=O) groups is 1. The first-order valence-corrected chi connectivity index (χ1v) is 6.34. The SMILES string of the molecule is O=C(c1ccc(-c2nc(Br)c(C(F)(F)F)[nH]2)cc1)C(F)(F)F. The van der Waals surface area contributed by atoms with Gasteiger partial charge in [0.05, 0.1) is 0 Å². The van der Waals surface area contributed by atoms with Crippen LogP contribution >= 0.6 is 15.9 Å². The molecule has 22 heavy (non-hydrogen) atoms. The summed E-state index contributed by atoms with van der Waals surface area (Å²) < 4.78 is 74.1. The Kier molecular flexibility index (Phi) is 4.07. The Bertz CT molecular complexity index is 702. The topological polar surface area (TPSA) is 45.8 Å². The third kappa shape index (κ3) is 3.32. The maximum absolute atomic E-state index is 12.6. The number of H-pyrrole nitrogens is 1. The fourth-order valence-corrected chi connectivity index (χ4v) is 2.12. The number of Topliss-reactive ketones (excluding diaryl/α,β-unsaturated/α-hetero) is 1. The van der Waals surface area contributed by atoms with E-state index < -0.39 is 34.0 Å². The summed E-state index contributed by atoms with van der Waals surface area (Å²) in [4.78, 5) is 16.6. The van der Waals surface area contributed by atoms with Crippen molar-refractivity contribution in [3.05, 3.63) is 40.1 Å². The first-order valence-electron chi connectivity index (χ1n) is 5.55. The van der Waals surface area contributed by atoms with Gasteiger partial charge in [-0.05, 0) is 15.9 Å². The number of carbonyl (C=O) groups excluding carboxylic acids is 1. The first-order chi connectivity index (χ1) is 10.00. The van der Waals surface area contributed by atoms with E-state index in [1.165, 1.54) is 0 Å². The molecule has 10 heteroatoms. The van der Waals surface area contributed by atoms with Crippen molar-refractivity contribution in [3.63, 3.8) is 0 Å². The fourth-order valence-electron chi connectivity index (χ4n) is 1.62. The zero-order valence-corrected chi connectivity index (χ0v) is 11.9. The predicted molar refractivity (Wildman–Crippen MR) is 67.1 cm³/mol. The van der Waals surface area contributed by atoms with E-state index in [2.05, 4.69) is 20.9 Å². The van der Waals surface area contributed by atoms with Gasteiger partial charge < -0.3 is 4.98 Å². The van der Waals surface area contributed by atoms with E-state index in [0.29, 0.717) is 0 Å². The maximum atomic E-state index is 12.6. The summed E-state index contributed by atoms with van der Waals surface area (Å²) >= 11 is 2.65. The molecule has 1 N–H and O–H groups in total. The molecule has 0 saturated carbocycles. The Morgan fingerprint density at radius 1 is 1.05 bits per heavy atom. The lowest BCUT2D eigenvalue weighted by Crippen LogP contribution is -2.22. The van der Waals surface area contributed by atoms with E-state index in [4.69, 9.17) is 0 Å². The molecule has 0 aliphatic heterocycles. The lowest BCUT2D eigenvalue weighted by molar-refractivity contribution is -0.141. The molecule has 0 atom stereocenters. The van der Waals surface area contributed by atoms with Crippen LogP contribution in [0.4, 0.5) is 26.3 Å². The Morgan fingerprint density at radius 2 is 1.59 bits per heavy atom. The van der Waals surface area contributed by atoms with E-state index in [9.17, 15) is 31.1 Å². The second-order valence-electron chi connectivity index (χ2n) is 4.15. The van der Waals surface area contributed by atoms with Crippen LogP contribution in [-0.4, -0.2) is 21.9 Å². The van der Waals surface area contributed by atoms with Gasteiger partial charge in [-0.15, -0.1) is 0 Å². The first kappa shape index (κ1) is 16.5. The van der Waals surface area contributed by atoms with Crippen molar-refractivity contribution in [2.45, 2.75) is 12.4 Å². The van der Waals surface area contributed by atoms with Crippen LogP contribution in [0.3, 0.4) is 0 Å². The van der Waals surface area contributed by atoms with Crippen molar-refractivity contribution in [3.8, 4) is 11.4 Å². The van der Waals surface area contributed by atoms with Gasteiger partial charge in [-0.25, -0.2) is 4.98 Å². The number of rotatable bonds is 2. The Morgan fingerprint density at radius 3 is 2.00 bits per heavy atom. The zero-order valence-electron chi connectivity index (χ0n) is 10.3. The molecule has 0 fully saturated rings. The van der Waals surface area contributed by atoms with Crippen LogP contribution in [0.5, 0.6) is 0 Å². The number of imidazole rings is 1. The van der Waals surface area contributed by atoms with Gasteiger partial charge in [0.1, 0.15) is 10.4 Å². The second-order valence-corrected chi connectivity index (χ2v) is 4.90. The van der Waals surface area contributed by atoms with E-state index in [-0.39, 0.29) is 11.4 Å². The molecule has 1 aromatic heterocycles. The average Bonchev–Trinajstić information content (AvgIpc) is 2.79. The Labute approximate surface area is 127 Å². The molecule has 2 aromatic rings. The van der Waals surface area contributed by atoms with Crippen molar-refractivity contribution in [1.29, 1.82) is 0 Å². The molecule has 0 unspecified atom stereocenters.